The Bertz CT molecular complexity index is 818. The average Bonchev–Trinajstić information content (AvgIpc) is 3.17. The van der Waals surface area contributed by atoms with Crippen molar-refractivity contribution in [3.05, 3.63) is 70.7 Å². The number of carbonyl (C=O) groups excluding carboxylic acids is 2. The summed E-state index contributed by atoms with van der Waals surface area (Å²) in [6, 6.07) is 17.0. The number of hydrogen-bond donors (Lipinski definition) is 1. The molecule has 3 rings (SSSR count). The van der Waals surface area contributed by atoms with Gasteiger partial charge in [0.05, 0.1) is 0 Å². The van der Waals surface area contributed by atoms with Crippen molar-refractivity contribution in [2.45, 2.75) is 51.1 Å². The third-order valence-electron chi connectivity index (χ3n) is 5.40. The highest BCUT2D eigenvalue weighted by atomic mass is 35.5. The van der Waals surface area contributed by atoms with E-state index in [0.29, 0.717) is 31.0 Å². The van der Waals surface area contributed by atoms with E-state index in [9.17, 15) is 9.59 Å². The monoisotopic (exact) mass is 398 g/mol. The summed E-state index contributed by atoms with van der Waals surface area (Å²) >= 11 is 5.98. The third kappa shape index (κ3) is 4.93. The molecular formula is C23H27ClN2O2. The molecule has 0 spiro atoms. The van der Waals surface area contributed by atoms with E-state index in [1.54, 1.807) is 4.90 Å². The van der Waals surface area contributed by atoms with Crippen LogP contribution in [-0.4, -0.2) is 29.3 Å². The first-order valence-corrected chi connectivity index (χ1v) is 10.1. The zero-order valence-electron chi connectivity index (χ0n) is 16.5. The van der Waals surface area contributed by atoms with Crippen LogP contribution in [0, 0.1) is 0 Å². The molecular weight excluding hydrogens is 372 g/mol. The normalized spacial score (nSPS) is 16.8. The fourth-order valence-electron chi connectivity index (χ4n) is 3.72. The minimum absolute atomic E-state index is 0.0253. The molecule has 0 aromatic heterocycles. The molecule has 148 valence electrons. The van der Waals surface area contributed by atoms with Crippen LogP contribution in [0.1, 0.15) is 44.2 Å². The minimum Gasteiger partial charge on any atom is -0.350 e. The topological polar surface area (TPSA) is 49.4 Å². The summed E-state index contributed by atoms with van der Waals surface area (Å²) in [7, 11) is 0. The maximum atomic E-state index is 13.0. The summed E-state index contributed by atoms with van der Waals surface area (Å²) in [6.07, 6.45) is 1.93. The van der Waals surface area contributed by atoms with Crippen LogP contribution < -0.4 is 5.32 Å². The molecule has 5 heteroatoms. The second-order valence-electron chi connectivity index (χ2n) is 8.02. The lowest BCUT2D eigenvalue weighted by Crippen LogP contribution is -2.47. The van der Waals surface area contributed by atoms with Gasteiger partial charge in [0.25, 0.3) is 0 Å². The summed E-state index contributed by atoms with van der Waals surface area (Å²) in [5.41, 5.74) is 1.79. The van der Waals surface area contributed by atoms with Crippen LogP contribution in [0.15, 0.2) is 54.6 Å². The number of rotatable bonds is 6. The number of halogens is 1. The summed E-state index contributed by atoms with van der Waals surface area (Å²) < 4.78 is 0. The predicted molar refractivity (Wildman–Crippen MR) is 112 cm³/mol. The molecule has 28 heavy (non-hydrogen) atoms. The molecule has 1 fully saturated rings. The highest BCUT2D eigenvalue weighted by molar-refractivity contribution is 6.30. The highest BCUT2D eigenvalue weighted by Crippen LogP contribution is 2.30. The second-order valence-corrected chi connectivity index (χ2v) is 8.45. The summed E-state index contributed by atoms with van der Waals surface area (Å²) in [6.45, 7) is 5.22. The molecule has 0 saturated carbocycles. The van der Waals surface area contributed by atoms with Crippen LogP contribution in [0.5, 0.6) is 0 Å². The summed E-state index contributed by atoms with van der Waals surface area (Å²) in [4.78, 5) is 27.4. The fourth-order valence-corrected chi connectivity index (χ4v) is 3.85. The third-order valence-corrected chi connectivity index (χ3v) is 5.66. The van der Waals surface area contributed by atoms with Crippen molar-refractivity contribution in [1.82, 2.24) is 10.2 Å². The van der Waals surface area contributed by atoms with E-state index in [1.165, 1.54) is 0 Å². The highest BCUT2D eigenvalue weighted by Gasteiger charge is 2.36. The molecule has 2 aromatic carbocycles. The van der Waals surface area contributed by atoms with Gasteiger partial charge in [-0.3, -0.25) is 9.59 Å². The number of nitrogens with zero attached hydrogens (tertiary/aromatic N) is 1. The van der Waals surface area contributed by atoms with Gasteiger partial charge in [0.15, 0.2) is 0 Å². The van der Waals surface area contributed by atoms with E-state index < -0.39 is 0 Å². The Morgan fingerprint density at radius 3 is 2.46 bits per heavy atom. The molecule has 0 unspecified atom stereocenters. The van der Waals surface area contributed by atoms with Gasteiger partial charge in [-0.1, -0.05) is 67.9 Å². The van der Waals surface area contributed by atoms with E-state index in [-0.39, 0.29) is 23.3 Å². The van der Waals surface area contributed by atoms with E-state index in [2.05, 4.69) is 19.2 Å². The Kier molecular flexibility index (Phi) is 6.40. The van der Waals surface area contributed by atoms with Crippen LogP contribution in [0.25, 0.3) is 0 Å². The number of benzene rings is 2. The van der Waals surface area contributed by atoms with E-state index >= 15 is 0 Å². The van der Waals surface area contributed by atoms with Gasteiger partial charge >= 0.3 is 0 Å². The van der Waals surface area contributed by atoms with Gasteiger partial charge in [-0.2, -0.15) is 0 Å². The van der Waals surface area contributed by atoms with Gasteiger partial charge in [-0.05, 0) is 41.5 Å². The molecule has 2 aromatic rings. The lowest BCUT2D eigenvalue weighted by Gasteiger charge is -2.30. The molecule has 1 aliphatic rings. The zero-order valence-corrected chi connectivity index (χ0v) is 17.2. The Labute approximate surface area is 171 Å². The first-order valence-electron chi connectivity index (χ1n) is 9.74. The van der Waals surface area contributed by atoms with Crippen LogP contribution in [0.3, 0.4) is 0 Å². The largest absolute Gasteiger partial charge is 0.350 e. The maximum absolute atomic E-state index is 13.0. The first kappa shape index (κ1) is 20.4. The predicted octanol–water partition coefficient (Wildman–Crippen LogP) is 4.32. The Balaban J connectivity index is 1.62. The van der Waals surface area contributed by atoms with Crippen molar-refractivity contribution < 1.29 is 9.59 Å². The Hall–Kier alpha value is -2.33. The number of amides is 2. The molecule has 1 heterocycles. The molecule has 0 radical (unpaired) electrons. The standard InChI is InChI=1S/C23H27ClN2O2/c1-23(2,18-10-12-19(24)13-11-18)15-21(27)26-14-6-9-20(26)22(28)25-16-17-7-4-3-5-8-17/h3-5,7-8,10-13,20H,6,9,14-16H2,1-2H3,(H,25,28)/t20-/m0/s1. The van der Waals surface area contributed by atoms with E-state index in [1.807, 2.05) is 54.6 Å². The van der Waals surface area contributed by atoms with Crippen LogP contribution in [0.4, 0.5) is 0 Å². The lowest BCUT2D eigenvalue weighted by molar-refractivity contribution is -0.139. The second kappa shape index (κ2) is 8.78. The number of hydrogen-bond acceptors (Lipinski definition) is 2. The first-order chi connectivity index (χ1) is 13.4. The minimum atomic E-state index is -0.378. The van der Waals surface area contributed by atoms with Crippen molar-refractivity contribution >= 4 is 23.4 Å². The van der Waals surface area contributed by atoms with Crippen molar-refractivity contribution in [2.75, 3.05) is 6.54 Å². The molecule has 0 bridgehead atoms. The number of nitrogens with one attached hydrogen (secondary N) is 1. The quantitative estimate of drug-likeness (QED) is 0.787. The molecule has 1 atom stereocenters. The van der Waals surface area contributed by atoms with Gasteiger partial charge in [0, 0.05) is 24.5 Å². The molecule has 1 saturated heterocycles. The maximum Gasteiger partial charge on any atom is 0.243 e. The lowest BCUT2D eigenvalue weighted by atomic mass is 9.81. The van der Waals surface area contributed by atoms with Crippen molar-refractivity contribution in [3.63, 3.8) is 0 Å². The molecule has 4 nitrogen and oxygen atoms in total. The van der Waals surface area contributed by atoms with Gasteiger partial charge < -0.3 is 10.2 Å². The number of carbonyl (C=O) groups is 2. The molecule has 1 N–H and O–H groups in total. The van der Waals surface area contributed by atoms with Crippen LogP contribution >= 0.6 is 11.6 Å². The SMILES string of the molecule is CC(C)(CC(=O)N1CCC[C@H]1C(=O)NCc1ccccc1)c1ccc(Cl)cc1. The van der Waals surface area contributed by atoms with Gasteiger partial charge in [0.2, 0.25) is 11.8 Å². The number of likely N-dealkylation sites (tertiary alicyclic amines) is 1. The zero-order chi connectivity index (χ0) is 20.1. The van der Waals surface area contributed by atoms with Gasteiger partial charge in [-0.25, -0.2) is 0 Å². The van der Waals surface area contributed by atoms with Crippen molar-refractivity contribution in [1.29, 1.82) is 0 Å². The molecule has 1 aliphatic heterocycles. The summed E-state index contributed by atoms with van der Waals surface area (Å²) in [5, 5.41) is 3.66. The van der Waals surface area contributed by atoms with Gasteiger partial charge in [-0.15, -0.1) is 0 Å². The Morgan fingerprint density at radius 2 is 1.79 bits per heavy atom. The van der Waals surface area contributed by atoms with Crippen LogP contribution in [-0.2, 0) is 21.5 Å². The molecule has 2 amide bonds. The van der Waals surface area contributed by atoms with Gasteiger partial charge in [0.1, 0.15) is 6.04 Å². The van der Waals surface area contributed by atoms with E-state index in [4.69, 9.17) is 11.6 Å². The fraction of sp³-hybridized carbons (Fsp3) is 0.391. The van der Waals surface area contributed by atoms with E-state index in [0.717, 1.165) is 17.5 Å². The average molecular weight is 399 g/mol. The van der Waals surface area contributed by atoms with Crippen molar-refractivity contribution in [2.24, 2.45) is 0 Å². The molecule has 0 aliphatic carbocycles. The smallest absolute Gasteiger partial charge is 0.243 e. The summed E-state index contributed by atoms with van der Waals surface area (Å²) in [5.74, 6) is -0.0451. The van der Waals surface area contributed by atoms with Crippen LogP contribution in [0.2, 0.25) is 5.02 Å². The Morgan fingerprint density at radius 1 is 1.11 bits per heavy atom. The van der Waals surface area contributed by atoms with Crippen molar-refractivity contribution in [3.8, 4) is 0 Å².